The van der Waals surface area contributed by atoms with E-state index in [0.29, 0.717) is 5.56 Å². The van der Waals surface area contributed by atoms with Crippen LogP contribution in [0.2, 0.25) is 0 Å². The molecule has 2 aromatic rings. The number of rotatable bonds is 6. The summed E-state index contributed by atoms with van der Waals surface area (Å²) in [5.41, 5.74) is 1.78. The van der Waals surface area contributed by atoms with Gasteiger partial charge in [-0.25, -0.2) is 9.37 Å². The first-order valence-electron chi connectivity index (χ1n) is 7.09. The molecule has 0 bridgehead atoms. The van der Waals surface area contributed by atoms with Crippen LogP contribution in [0.5, 0.6) is 0 Å². The van der Waals surface area contributed by atoms with Gasteiger partial charge in [0.15, 0.2) is 0 Å². The first kappa shape index (κ1) is 14.7. The van der Waals surface area contributed by atoms with Gasteiger partial charge in [0.1, 0.15) is 11.6 Å². The molecule has 0 saturated heterocycles. The number of aryl methyl sites for hydroxylation is 2. The largest absolute Gasteiger partial charge is 0.335 e. The second kappa shape index (κ2) is 6.66. The molecule has 0 aliphatic carbocycles. The van der Waals surface area contributed by atoms with Crippen LogP contribution in [0.4, 0.5) is 4.39 Å². The maximum absolute atomic E-state index is 13.4. The normalized spacial score (nSPS) is 12.6. The van der Waals surface area contributed by atoms with E-state index in [2.05, 4.69) is 21.8 Å². The van der Waals surface area contributed by atoms with Crippen molar-refractivity contribution in [2.24, 2.45) is 0 Å². The lowest BCUT2D eigenvalue weighted by Gasteiger charge is -2.18. The third kappa shape index (κ3) is 3.25. The zero-order valence-electron chi connectivity index (χ0n) is 12.4. The summed E-state index contributed by atoms with van der Waals surface area (Å²) in [7, 11) is 1.93. The van der Waals surface area contributed by atoms with E-state index in [0.717, 1.165) is 30.8 Å². The number of hydrogen-bond acceptors (Lipinski definition) is 2. The lowest BCUT2D eigenvalue weighted by atomic mass is 10.0. The summed E-state index contributed by atoms with van der Waals surface area (Å²) in [6.07, 6.45) is 5.74. The summed E-state index contributed by atoms with van der Waals surface area (Å²) in [6.45, 7) is 4.93. The van der Waals surface area contributed by atoms with Crippen molar-refractivity contribution >= 4 is 0 Å². The van der Waals surface area contributed by atoms with E-state index in [1.165, 1.54) is 6.07 Å². The quantitative estimate of drug-likeness (QED) is 0.877. The van der Waals surface area contributed by atoms with Gasteiger partial charge >= 0.3 is 0 Å². The van der Waals surface area contributed by atoms with E-state index in [4.69, 9.17) is 0 Å². The lowest BCUT2D eigenvalue weighted by Crippen LogP contribution is -2.21. The Labute approximate surface area is 119 Å². The molecule has 0 radical (unpaired) electrons. The van der Waals surface area contributed by atoms with Crippen molar-refractivity contribution in [3.8, 4) is 0 Å². The highest BCUT2D eigenvalue weighted by molar-refractivity contribution is 5.27. The fourth-order valence-corrected chi connectivity index (χ4v) is 2.43. The van der Waals surface area contributed by atoms with Gasteiger partial charge in [-0.15, -0.1) is 0 Å². The van der Waals surface area contributed by atoms with E-state index in [1.807, 2.05) is 31.6 Å². The van der Waals surface area contributed by atoms with Crippen molar-refractivity contribution in [1.82, 2.24) is 14.9 Å². The molecule has 3 nitrogen and oxygen atoms in total. The second-order valence-electron chi connectivity index (χ2n) is 5.09. The van der Waals surface area contributed by atoms with Gasteiger partial charge in [0, 0.05) is 31.4 Å². The van der Waals surface area contributed by atoms with Crippen LogP contribution in [-0.4, -0.2) is 16.6 Å². The molecule has 1 unspecified atom stereocenters. The van der Waals surface area contributed by atoms with Crippen LogP contribution < -0.4 is 5.32 Å². The summed E-state index contributed by atoms with van der Waals surface area (Å²) < 4.78 is 15.6. The number of nitrogens with zero attached hydrogens (tertiary/aromatic N) is 2. The molecule has 108 valence electrons. The SMILES string of the molecule is CCCn1ccnc1CC(NC)c1ccc(F)c(C)c1. The van der Waals surface area contributed by atoms with Crippen LogP contribution in [0.3, 0.4) is 0 Å². The topological polar surface area (TPSA) is 29.9 Å². The lowest BCUT2D eigenvalue weighted by molar-refractivity contribution is 0.540. The van der Waals surface area contributed by atoms with Crippen LogP contribution in [-0.2, 0) is 13.0 Å². The Morgan fingerprint density at radius 1 is 1.40 bits per heavy atom. The van der Waals surface area contributed by atoms with Crippen LogP contribution in [0.1, 0.15) is 36.3 Å². The number of likely N-dealkylation sites (N-methyl/N-ethyl adjacent to an activating group) is 1. The minimum Gasteiger partial charge on any atom is -0.335 e. The standard InChI is InChI=1S/C16H22FN3/c1-4-8-20-9-7-19-16(20)11-15(18-3)13-5-6-14(17)12(2)10-13/h5-7,9-10,15,18H,4,8,11H2,1-3H3. The van der Waals surface area contributed by atoms with Crippen LogP contribution in [0.25, 0.3) is 0 Å². The number of imidazole rings is 1. The molecular weight excluding hydrogens is 253 g/mol. The molecule has 0 fully saturated rings. The second-order valence-corrected chi connectivity index (χ2v) is 5.09. The summed E-state index contributed by atoms with van der Waals surface area (Å²) in [4.78, 5) is 4.44. The molecule has 0 saturated carbocycles. The monoisotopic (exact) mass is 275 g/mol. The maximum atomic E-state index is 13.4. The number of aromatic nitrogens is 2. The van der Waals surface area contributed by atoms with Gasteiger partial charge in [-0.1, -0.05) is 19.1 Å². The Hall–Kier alpha value is -1.68. The van der Waals surface area contributed by atoms with Gasteiger partial charge in [-0.2, -0.15) is 0 Å². The van der Waals surface area contributed by atoms with Gasteiger partial charge in [0.2, 0.25) is 0 Å². The maximum Gasteiger partial charge on any atom is 0.126 e. The third-order valence-corrected chi connectivity index (χ3v) is 3.59. The number of halogens is 1. The fourth-order valence-electron chi connectivity index (χ4n) is 2.43. The molecule has 4 heteroatoms. The molecule has 0 aliphatic rings. The zero-order valence-corrected chi connectivity index (χ0v) is 12.4. The molecule has 0 spiro atoms. The average molecular weight is 275 g/mol. The number of nitrogens with one attached hydrogen (secondary N) is 1. The number of benzene rings is 1. The van der Waals surface area contributed by atoms with Gasteiger partial charge in [-0.05, 0) is 37.6 Å². The molecule has 0 amide bonds. The Morgan fingerprint density at radius 2 is 2.20 bits per heavy atom. The minimum atomic E-state index is -0.156. The molecule has 1 atom stereocenters. The molecule has 0 aliphatic heterocycles. The Balaban J connectivity index is 2.19. The molecule has 1 aromatic carbocycles. The molecular formula is C16H22FN3. The van der Waals surface area contributed by atoms with E-state index >= 15 is 0 Å². The molecule has 1 N–H and O–H groups in total. The van der Waals surface area contributed by atoms with Gasteiger partial charge < -0.3 is 9.88 Å². The highest BCUT2D eigenvalue weighted by Gasteiger charge is 2.14. The summed E-state index contributed by atoms with van der Waals surface area (Å²) in [5.74, 6) is 0.907. The molecule has 20 heavy (non-hydrogen) atoms. The van der Waals surface area contributed by atoms with Crippen molar-refractivity contribution < 1.29 is 4.39 Å². The third-order valence-electron chi connectivity index (χ3n) is 3.59. The van der Waals surface area contributed by atoms with Crippen LogP contribution in [0, 0.1) is 12.7 Å². The Bertz CT molecular complexity index is 563. The number of hydrogen-bond donors (Lipinski definition) is 1. The summed E-state index contributed by atoms with van der Waals surface area (Å²) in [5, 5.41) is 3.30. The van der Waals surface area contributed by atoms with E-state index in [1.54, 1.807) is 6.92 Å². The van der Waals surface area contributed by atoms with Gasteiger partial charge in [-0.3, -0.25) is 0 Å². The molecule has 1 heterocycles. The Kier molecular flexibility index (Phi) is 4.90. The van der Waals surface area contributed by atoms with Gasteiger partial charge in [0.25, 0.3) is 0 Å². The minimum absolute atomic E-state index is 0.146. The smallest absolute Gasteiger partial charge is 0.126 e. The van der Waals surface area contributed by atoms with Crippen LogP contribution >= 0.6 is 0 Å². The highest BCUT2D eigenvalue weighted by Crippen LogP contribution is 2.20. The molecule has 1 aromatic heterocycles. The van der Waals surface area contributed by atoms with E-state index in [9.17, 15) is 4.39 Å². The van der Waals surface area contributed by atoms with E-state index in [-0.39, 0.29) is 11.9 Å². The first-order chi connectivity index (χ1) is 9.65. The summed E-state index contributed by atoms with van der Waals surface area (Å²) in [6, 6.07) is 5.43. The average Bonchev–Trinajstić information content (AvgIpc) is 2.87. The van der Waals surface area contributed by atoms with Crippen molar-refractivity contribution in [2.75, 3.05) is 7.05 Å². The predicted molar refractivity (Wildman–Crippen MR) is 79.2 cm³/mol. The Morgan fingerprint density at radius 3 is 2.85 bits per heavy atom. The highest BCUT2D eigenvalue weighted by atomic mass is 19.1. The fraction of sp³-hybridized carbons (Fsp3) is 0.438. The first-order valence-corrected chi connectivity index (χ1v) is 7.09. The van der Waals surface area contributed by atoms with Crippen molar-refractivity contribution in [1.29, 1.82) is 0 Å². The van der Waals surface area contributed by atoms with Gasteiger partial charge in [0.05, 0.1) is 0 Å². The van der Waals surface area contributed by atoms with Crippen molar-refractivity contribution in [3.63, 3.8) is 0 Å². The summed E-state index contributed by atoms with van der Waals surface area (Å²) >= 11 is 0. The van der Waals surface area contributed by atoms with Crippen LogP contribution in [0.15, 0.2) is 30.6 Å². The predicted octanol–water partition coefficient (Wildman–Crippen LogP) is 3.24. The van der Waals surface area contributed by atoms with Crippen molar-refractivity contribution in [3.05, 3.63) is 53.4 Å². The van der Waals surface area contributed by atoms with Crippen molar-refractivity contribution in [2.45, 2.75) is 39.3 Å². The zero-order chi connectivity index (χ0) is 14.5. The molecule has 2 rings (SSSR count). The van der Waals surface area contributed by atoms with E-state index < -0.39 is 0 Å².